The van der Waals surface area contributed by atoms with E-state index < -0.39 is 0 Å². The highest BCUT2D eigenvalue weighted by molar-refractivity contribution is 5.76. The van der Waals surface area contributed by atoms with Gasteiger partial charge in [-0.25, -0.2) is 0 Å². The van der Waals surface area contributed by atoms with E-state index in [0.717, 1.165) is 11.3 Å². The second-order valence-corrected chi connectivity index (χ2v) is 4.09. The van der Waals surface area contributed by atoms with Gasteiger partial charge in [0.15, 0.2) is 0 Å². The lowest BCUT2D eigenvalue weighted by Crippen LogP contribution is -2.33. The molecular formula is C14H20N2O2. The van der Waals surface area contributed by atoms with Crippen molar-refractivity contribution in [3.05, 3.63) is 42.5 Å². The molecule has 1 aromatic carbocycles. The third-order valence-electron chi connectivity index (χ3n) is 2.68. The van der Waals surface area contributed by atoms with Crippen LogP contribution >= 0.6 is 0 Å². The smallest absolute Gasteiger partial charge is 0.223 e. The van der Waals surface area contributed by atoms with E-state index in [1.807, 2.05) is 24.3 Å². The maximum atomic E-state index is 11.9. The molecule has 0 aromatic heterocycles. The van der Waals surface area contributed by atoms with E-state index in [-0.39, 0.29) is 12.5 Å². The molecule has 0 aliphatic carbocycles. The summed E-state index contributed by atoms with van der Waals surface area (Å²) < 4.78 is 0. The van der Waals surface area contributed by atoms with Gasteiger partial charge in [0.1, 0.15) is 0 Å². The highest BCUT2D eigenvalue weighted by Gasteiger charge is 2.11. The molecule has 1 amide bonds. The predicted octanol–water partition coefficient (Wildman–Crippen LogP) is 1.21. The van der Waals surface area contributed by atoms with Gasteiger partial charge in [-0.3, -0.25) is 4.79 Å². The molecule has 0 radical (unpaired) electrons. The van der Waals surface area contributed by atoms with Crippen molar-refractivity contribution in [1.82, 2.24) is 4.90 Å². The number of benzene rings is 1. The van der Waals surface area contributed by atoms with Crippen LogP contribution in [0, 0.1) is 0 Å². The summed E-state index contributed by atoms with van der Waals surface area (Å²) in [7, 11) is 0. The zero-order valence-corrected chi connectivity index (χ0v) is 10.5. The van der Waals surface area contributed by atoms with Gasteiger partial charge in [-0.05, 0) is 24.1 Å². The van der Waals surface area contributed by atoms with Crippen molar-refractivity contribution in [3.8, 4) is 0 Å². The summed E-state index contributed by atoms with van der Waals surface area (Å²) in [4.78, 5) is 13.5. The van der Waals surface area contributed by atoms with Gasteiger partial charge in [0, 0.05) is 25.2 Å². The van der Waals surface area contributed by atoms with Crippen molar-refractivity contribution in [1.29, 1.82) is 0 Å². The van der Waals surface area contributed by atoms with Crippen LogP contribution < -0.4 is 5.73 Å². The molecule has 0 saturated carbocycles. The zero-order chi connectivity index (χ0) is 13.4. The van der Waals surface area contributed by atoms with Gasteiger partial charge in [0.2, 0.25) is 5.91 Å². The molecule has 3 N–H and O–H groups in total. The van der Waals surface area contributed by atoms with Crippen LogP contribution in [0.3, 0.4) is 0 Å². The Labute approximate surface area is 108 Å². The van der Waals surface area contributed by atoms with E-state index in [9.17, 15) is 4.79 Å². The van der Waals surface area contributed by atoms with Crippen LogP contribution in [-0.2, 0) is 11.2 Å². The number of rotatable bonds is 7. The van der Waals surface area contributed by atoms with Crippen LogP contribution in [0.4, 0.5) is 5.69 Å². The largest absolute Gasteiger partial charge is 0.399 e. The molecule has 0 aliphatic rings. The standard InChI is InChI=1S/C14H20N2O2/c1-2-9-16(10-11-17)14(18)8-5-12-3-6-13(15)7-4-12/h2-4,6-7,17H,1,5,8-11,15H2. The van der Waals surface area contributed by atoms with Crippen LogP contribution in [0.2, 0.25) is 0 Å². The number of nitrogens with two attached hydrogens (primary N) is 1. The Kier molecular flexibility index (Phi) is 5.94. The molecule has 1 rings (SSSR count). The molecular weight excluding hydrogens is 228 g/mol. The Bertz CT molecular complexity index is 387. The highest BCUT2D eigenvalue weighted by Crippen LogP contribution is 2.08. The van der Waals surface area contributed by atoms with Gasteiger partial charge in [0.25, 0.3) is 0 Å². The van der Waals surface area contributed by atoms with Crippen molar-refractivity contribution in [2.45, 2.75) is 12.8 Å². The Morgan fingerprint density at radius 1 is 1.39 bits per heavy atom. The molecule has 1 aromatic rings. The second kappa shape index (κ2) is 7.50. The number of anilines is 1. The quantitative estimate of drug-likeness (QED) is 0.563. The van der Waals surface area contributed by atoms with Crippen molar-refractivity contribution >= 4 is 11.6 Å². The Morgan fingerprint density at radius 3 is 2.61 bits per heavy atom. The van der Waals surface area contributed by atoms with E-state index in [2.05, 4.69) is 6.58 Å². The summed E-state index contributed by atoms with van der Waals surface area (Å²) in [6.07, 6.45) is 2.77. The van der Waals surface area contributed by atoms with E-state index in [0.29, 0.717) is 25.9 Å². The SMILES string of the molecule is C=CCN(CCO)C(=O)CCc1ccc(N)cc1. The zero-order valence-electron chi connectivity index (χ0n) is 10.5. The first-order chi connectivity index (χ1) is 8.67. The lowest BCUT2D eigenvalue weighted by atomic mass is 10.1. The number of carbonyl (C=O) groups excluding carboxylic acids is 1. The molecule has 0 atom stereocenters. The molecule has 0 fully saturated rings. The van der Waals surface area contributed by atoms with Gasteiger partial charge in [-0.15, -0.1) is 6.58 Å². The van der Waals surface area contributed by atoms with Crippen molar-refractivity contribution in [3.63, 3.8) is 0 Å². The lowest BCUT2D eigenvalue weighted by Gasteiger charge is -2.19. The molecule has 0 bridgehead atoms. The number of hydrogen-bond acceptors (Lipinski definition) is 3. The van der Waals surface area contributed by atoms with E-state index >= 15 is 0 Å². The van der Waals surface area contributed by atoms with Gasteiger partial charge in [0.05, 0.1) is 6.61 Å². The third kappa shape index (κ3) is 4.59. The molecule has 0 unspecified atom stereocenters. The minimum Gasteiger partial charge on any atom is -0.399 e. The molecule has 18 heavy (non-hydrogen) atoms. The normalized spacial score (nSPS) is 10.1. The van der Waals surface area contributed by atoms with Crippen LogP contribution in [-0.4, -0.2) is 35.6 Å². The van der Waals surface area contributed by atoms with Crippen LogP contribution in [0.5, 0.6) is 0 Å². The maximum absolute atomic E-state index is 11.9. The number of aryl methyl sites for hydroxylation is 1. The first-order valence-electron chi connectivity index (χ1n) is 6.01. The monoisotopic (exact) mass is 248 g/mol. The Hall–Kier alpha value is -1.81. The highest BCUT2D eigenvalue weighted by atomic mass is 16.3. The van der Waals surface area contributed by atoms with E-state index in [1.165, 1.54) is 0 Å². The fourth-order valence-corrected chi connectivity index (χ4v) is 1.69. The van der Waals surface area contributed by atoms with E-state index in [4.69, 9.17) is 10.8 Å². The number of aliphatic hydroxyl groups is 1. The van der Waals surface area contributed by atoms with Gasteiger partial charge in [-0.1, -0.05) is 18.2 Å². The minimum absolute atomic E-state index is 0.0263. The number of amides is 1. The fourth-order valence-electron chi connectivity index (χ4n) is 1.69. The molecule has 0 saturated heterocycles. The predicted molar refractivity (Wildman–Crippen MR) is 73.0 cm³/mol. The topological polar surface area (TPSA) is 66.6 Å². The van der Waals surface area contributed by atoms with Gasteiger partial charge < -0.3 is 15.7 Å². The number of hydrogen-bond donors (Lipinski definition) is 2. The molecule has 4 heteroatoms. The first kappa shape index (κ1) is 14.3. The maximum Gasteiger partial charge on any atom is 0.223 e. The lowest BCUT2D eigenvalue weighted by molar-refractivity contribution is -0.131. The molecule has 0 spiro atoms. The summed E-state index contributed by atoms with van der Waals surface area (Å²) in [6.45, 7) is 4.40. The molecule has 4 nitrogen and oxygen atoms in total. The molecule has 98 valence electrons. The Balaban J connectivity index is 2.47. The summed E-state index contributed by atoms with van der Waals surface area (Å²) in [5.41, 5.74) is 7.40. The number of nitrogens with zero attached hydrogens (tertiary/aromatic N) is 1. The summed E-state index contributed by atoms with van der Waals surface area (Å²) in [5.74, 6) is 0.0285. The van der Waals surface area contributed by atoms with E-state index in [1.54, 1.807) is 11.0 Å². The van der Waals surface area contributed by atoms with Gasteiger partial charge >= 0.3 is 0 Å². The Morgan fingerprint density at radius 2 is 2.06 bits per heavy atom. The van der Waals surface area contributed by atoms with Crippen LogP contribution in [0.1, 0.15) is 12.0 Å². The minimum atomic E-state index is -0.0263. The summed E-state index contributed by atoms with van der Waals surface area (Å²) in [6, 6.07) is 7.50. The van der Waals surface area contributed by atoms with Crippen molar-refractivity contribution < 1.29 is 9.90 Å². The van der Waals surface area contributed by atoms with Crippen LogP contribution in [0.25, 0.3) is 0 Å². The average molecular weight is 248 g/mol. The van der Waals surface area contributed by atoms with Gasteiger partial charge in [-0.2, -0.15) is 0 Å². The first-order valence-corrected chi connectivity index (χ1v) is 6.01. The number of aliphatic hydroxyl groups excluding tert-OH is 1. The average Bonchev–Trinajstić information content (AvgIpc) is 2.37. The molecule has 0 aliphatic heterocycles. The summed E-state index contributed by atoms with van der Waals surface area (Å²) in [5, 5.41) is 8.89. The second-order valence-electron chi connectivity index (χ2n) is 4.09. The third-order valence-corrected chi connectivity index (χ3v) is 2.68. The van der Waals surface area contributed by atoms with Crippen LogP contribution in [0.15, 0.2) is 36.9 Å². The van der Waals surface area contributed by atoms with Crippen molar-refractivity contribution in [2.75, 3.05) is 25.4 Å². The summed E-state index contributed by atoms with van der Waals surface area (Å²) >= 11 is 0. The number of carbonyl (C=O) groups is 1. The fraction of sp³-hybridized carbons (Fsp3) is 0.357. The molecule has 0 heterocycles. The van der Waals surface area contributed by atoms with Crippen molar-refractivity contribution in [2.24, 2.45) is 0 Å². The number of nitrogen functional groups attached to an aromatic ring is 1.